The zero-order valence-electron chi connectivity index (χ0n) is 42.5. The Hall–Kier alpha value is -1.71. The predicted molar refractivity (Wildman–Crippen MR) is 260 cm³/mol. The summed E-state index contributed by atoms with van der Waals surface area (Å²) < 4.78 is 22.7. The lowest BCUT2D eigenvalue weighted by Gasteiger charge is -2.26. The molecule has 63 heavy (non-hydrogen) atoms. The van der Waals surface area contributed by atoms with Gasteiger partial charge in [-0.05, 0) is 12.8 Å². The van der Waals surface area contributed by atoms with Crippen LogP contribution in [0.4, 0.5) is 0 Å². The van der Waals surface area contributed by atoms with E-state index in [9.17, 15) is 19.5 Å². The summed E-state index contributed by atoms with van der Waals surface area (Å²) in [5, 5.41) is 11.7. The first-order valence-corrected chi connectivity index (χ1v) is 27.2. The summed E-state index contributed by atoms with van der Waals surface area (Å²) >= 11 is 0. The zero-order chi connectivity index (χ0) is 46.3. The van der Waals surface area contributed by atoms with Crippen molar-refractivity contribution in [3.8, 4) is 0 Å². The Morgan fingerprint density at radius 2 is 0.714 bits per heavy atom. The second-order valence-electron chi connectivity index (χ2n) is 19.9. The van der Waals surface area contributed by atoms with E-state index in [1.54, 1.807) is 0 Å². The summed E-state index contributed by atoms with van der Waals surface area (Å²) in [5.41, 5.74) is 0. The van der Waals surface area contributed by atoms with E-state index in [0.29, 0.717) is 17.4 Å². The molecule has 2 atom stereocenters. The van der Waals surface area contributed by atoms with Gasteiger partial charge >= 0.3 is 11.9 Å². The highest BCUT2D eigenvalue weighted by Gasteiger charge is 2.22. The number of esters is 2. The van der Waals surface area contributed by atoms with Gasteiger partial charge in [0.2, 0.25) is 0 Å². The van der Waals surface area contributed by atoms with Gasteiger partial charge in [0.15, 0.2) is 12.4 Å². The van der Waals surface area contributed by atoms with E-state index >= 15 is 0 Å². The molecule has 0 radical (unpaired) electrons. The molecule has 0 aliphatic heterocycles. The van der Waals surface area contributed by atoms with Crippen LogP contribution >= 0.6 is 0 Å². The largest absolute Gasteiger partial charge is 0.545 e. The molecule has 0 spiro atoms. The molecule has 0 rings (SSSR count). The minimum Gasteiger partial charge on any atom is -0.545 e. The summed E-state index contributed by atoms with van der Waals surface area (Å²) in [6.45, 7) is 4.81. The molecule has 0 heterocycles. The Morgan fingerprint density at radius 3 is 1.02 bits per heavy atom. The fraction of sp³-hybridized carbons (Fsp3) is 0.944. The number of aliphatic carboxylic acids is 1. The maximum Gasteiger partial charge on any atom is 0.306 e. The van der Waals surface area contributed by atoms with Gasteiger partial charge in [0.05, 0.1) is 40.3 Å². The Kier molecular flexibility index (Phi) is 45.5. The number of carboxylic acid groups (broad SMARTS) is 1. The number of carbonyl (C=O) groups is 3. The van der Waals surface area contributed by atoms with E-state index in [0.717, 1.165) is 38.5 Å². The fourth-order valence-corrected chi connectivity index (χ4v) is 8.13. The van der Waals surface area contributed by atoms with E-state index in [1.807, 2.05) is 21.1 Å². The molecule has 0 saturated carbocycles. The van der Waals surface area contributed by atoms with Crippen LogP contribution in [0.25, 0.3) is 0 Å². The number of hydrogen-bond acceptors (Lipinski definition) is 8. The Morgan fingerprint density at radius 1 is 0.413 bits per heavy atom. The minimum absolute atomic E-state index is 0.153. The number of carboxylic acids is 1. The molecule has 0 saturated heterocycles. The van der Waals surface area contributed by atoms with Gasteiger partial charge in [-0.25, -0.2) is 0 Å². The molecule has 2 unspecified atom stereocenters. The molecule has 0 aromatic rings. The van der Waals surface area contributed by atoms with Crippen molar-refractivity contribution in [3.05, 3.63) is 0 Å². The quantitative estimate of drug-likeness (QED) is 0.0257. The van der Waals surface area contributed by atoms with Crippen molar-refractivity contribution >= 4 is 17.9 Å². The van der Waals surface area contributed by atoms with Crippen LogP contribution in [0.5, 0.6) is 0 Å². The van der Waals surface area contributed by atoms with Crippen molar-refractivity contribution in [1.82, 2.24) is 0 Å². The Balaban J connectivity index is 4.25. The third-order valence-electron chi connectivity index (χ3n) is 12.4. The molecule has 0 fully saturated rings. The van der Waals surface area contributed by atoms with Crippen molar-refractivity contribution in [3.63, 3.8) is 0 Å². The molecular formula is C54H105NO8. The van der Waals surface area contributed by atoms with Crippen LogP contribution in [0, 0.1) is 0 Å². The lowest BCUT2D eigenvalue weighted by atomic mass is 10.0. The van der Waals surface area contributed by atoms with Gasteiger partial charge in [-0.3, -0.25) is 9.59 Å². The maximum absolute atomic E-state index is 12.8. The highest BCUT2D eigenvalue weighted by Crippen LogP contribution is 2.17. The highest BCUT2D eigenvalue weighted by molar-refractivity contribution is 5.70. The standard InChI is InChI=1S/C54H105NO8/c1-6-8-10-12-14-16-18-20-22-24-26-27-29-31-33-35-37-39-41-43-45-52(57)63-50(49-62-54(53(58)59)60-47-46-55(3,4)5)48-61-51(56)44-42-40-38-36-34-32-30-28-25-23-21-19-17-15-13-11-9-7-2/h50,54H,6-49H2,1-5H3. The normalized spacial score (nSPS) is 12.7. The summed E-state index contributed by atoms with van der Waals surface area (Å²) in [5.74, 6) is -2.25. The summed E-state index contributed by atoms with van der Waals surface area (Å²) in [4.78, 5) is 37.2. The van der Waals surface area contributed by atoms with Crippen LogP contribution in [-0.4, -0.2) is 82.3 Å². The van der Waals surface area contributed by atoms with Crippen molar-refractivity contribution in [1.29, 1.82) is 0 Å². The number of nitrogens with zero attached hydrogens (tertiary/aromatic N) is 1. The molecule has 0 aliphatic carbocycles. The van der Waals surface area contributed by atoms with Gasteiger partial charge in [-0.15, -0.1) is 0 Å². The van der Waals surface area contributed by atoms with Crippen molar-refractivity contribution in [2.45, 2.75) is 283 Å². The molecule has 0 aromatic carbocycles. The molecule has 374 valence electrons. The Bertz CT molecular complexity index is 1000. The van der Waals surface area contributed by atoms with Crippen LogP contribution in [0.1, 0.15) is 271 Å². The fourth-order valence-electron chi connectivity index (χ4n) is 8.13. The van der Waals surface area contributed by atoms with Gasteiger partial charge in [0.1, 0.15) is 13.2 Å². The summed E-state index contributed by atoms with van der Waals surface area (Å²) in [6.07, 6.45) is 47.1. The van der Waals surface area contributed by atoms with Crippen molar-refractivity contribution in [2.75, 3.05) is 47.5 Å². The number of quaternary nitrogens is 1. The van der Waals surface area contributed by atoms with Gasteiger partial charge in [-0.1, -0.05) is 245 Å². The van der Waals surface area contributed by atoms with E-state index in [4.69, 9.17) is 18.9 Å². The molecule has 0 aromatic heterocycles. The van der Waals surface area contributed by atoms with E-state index < -0.39 is 24.3 Å². The first-order valence-electron chi connectivity index (χ1n) is 27.2. The topological polar surface area (TPSA) is 111 Å². The number of likely N-dealkylation sites (N-methyl/N-ethyl adjacent to an activating group) is 1. The second-order valence-corrected chi connectivity index (χ2v) is 19.9. The van der Waals surface area contributed by atoms with Crippen LogP contribution in [0.2, 0.25) is 0 Å². The molecule has 0 amide bonds. The number of unbranched alkanes of at least 4 members (excludes halogenated alkanes) is 36. The van der Waals surface area contributed by atoms with Gasteiger partial charge in [-0.2, -0.15) is 0 Å². The smallest absolute Gasteiger partial charge is 0.306 e. The third kappa shape index (κ3) is 48.1. The molecule has 9 heteroatoms. The lowest BCUT2D eigenvalue weighted by molar-refractivity contribution is -0.870. The van der Waals surface area contributed by atoms with Crippen LogP contribution in [-0.2, 0) is 33.3 Å². The molecule has 0 bridgehead atoms. The SMILES string of the molecule is CCCCCCCCCCCCCCCCCCCCCCC(=O)OC(COC(=O)CCCCCCCCCCCCCCCCCCCC)COC(OCC[N+](C)(C)C)C(=O)[O-]. The van der Waals surface area contributed by atoms with Gasteiger partial charge < -0.3 is 33.3 Å². The molecular weight excluding hydrogens is 791 g/mol. The van der Waals surface area contributed by atoms with Crippen molar-refractivity contribution in [2.24, 2.45) is 0 Å². The van der Waals surface area contributed by atoms with Gasteiger partial charge in [0, 0.05) is 12.8 Å². The number of hydrogen-bond donors (Lipinski definition) is 0. The zero-order valence-corrected chi connectivity index (χ0v) is 42.5. The molecule has 9 nitrogen and oxygen atoms in total. The minimum atomic E-state index is -1.61. The highest BCUT2D eigenvalue weighted by atomic mass is 16.7. The van der Waals surface area contributed by atoms with Crippen LogP contribution in [0.15, 0.2) is 0 Å². The average molecular weight is 896 g/mol. The van der Waals surface area contributed by atoms with Crippen LogP contribution < -0.4 is 5.11 Å². The lowest BCUT2D eigenvalue weighted by Crippen LogP contribution is -2.44. The number of carbonyl (C=O) groups excluding carboxylic acids is 3. The van der Waals surface area contributed by atoms with Gasteiger partial charge in [0.25, 0.3) is 0 Å². The first-order chi connectivity index (χ1) is 30.6. The average Bonchev–Trinajstić information content (AvgIpc) is 3.24. The third-order valence-corrected chi connectivity index (χ3v) is 12.4. The second kappa shape index (κ2) is 46.8. The van der Waals surface area contributed by atoms with E-state index in [2.05, 4.69) is 13.8 Å². The summed E-state index contributed by atoms with van der Waals surface area (Å²) in [7, 11) is 5.93. The van der Waals surface area contributed by atoms with E-state index in [-0.39, 0.29) is 32.2 Å². The van der Waals surface area contributed by atoms with Crippen LogP contribution in [0.3, 0.4) is 0 Å². The van der Waals surface area contributed by atoms with E-state index in [1.165, 1.54) is 205 Å². The molecule has 0 N–H and O–H groups in total. The number of rotatable bonds is 51. The number of ether oxygens (including phenoxy) is 4. The summed E-state index contributed by atoms with van der Waals surface area (Å²) in [6, 6.07) is 0. The maximum atomic E-state index is 12.8. The Labute approximate surface area is 390 Å². The first kappa shape index (κ1) is 61.3. The predicted octanol–water partition coefficient (Wildman–Crippen LogP) is 13.9. The van der Waals surface area contributed by atoms with Crippen molar-refractivity contribution < 1.29 is 42.9 Å². The monoisotopic (exact) mass is 896 g/mol. The molecule has 0 aliphatic rings.